The van der Waals surface area contributed by atoms with E-state index in [2.05, 4.69) is 23.7 Å². The molecule has 0 spiro atoms. The van der Waals surface area contributed by atoms with Crippen molar-refractivity contribution in [3.8, 4) is 17.0 Å². The van der Waals surface area contributed by atoms with E-state index in [4.69, 9.17) is 32.9 Å². The van der Waals surface area contributed by atoms with Gasteiger partial charge < -0.3 is 9.64 Å². The van der Waals surface area contributed by atoms with Gasteiger partial charge in [0.2, 0.25) is 0 Å². The topological polar surface area (TPSA) is 42.7 Å². The number of alkyl halides is 1. The van der Waals surface area contributed by atoms with E-state index >= 15 is 0 Å². The molecule has 156 valence electrons. The third-order valence-corrected chi connectivity index (χ3v) is 5.24. The Morgan fingerprint density at radius 3 is 2.59 bits per heavy atom. The lowest BCUT2D eigenvalue weighted by atomic mass is 10.1. The van der Waals surface area contributed by atoms with Gasteiger partial charge in [-0.15, -0.1) is 0 Å². The zero-order valence-corrected chi connectivity index (χ0v) is 18.4. The van der Waals surface area contributed by atoms with Crippen LogP contribution in [-0.4, -0.2) is 41.2 Å². The summed E-state index contributed by atoms with van der Waals surface area (Å²) in [6.45, 7) is 5.23. The molecule has 1 aromatic carbocycles. The highest BCUT2D eigenvalue weighted by Crippen LogP contribution is 2.35. The van der Waals surface area contributed by atoms with Crippen LogP contribution in [0.4, 0.5) is 10.2 Å². The third-order valence-electron chi connectivity index (χ3n) is 4.74. The van der Waals surface area contributed by atoms with E-state index in [0.717, 1.165) is 36.5 Å². The van der Waals surface area contributed by atoms with Crippen molar-refractivity contribution >= 4 is 34.7 Å². The summed E-state index contributed by atoms with van der Waals surface area (Å²) in [7, 11) is 1.59. The van der Waals surface area contributed by atoms with Gasteiger partial charge in [0.1, 0.15) is 22.4 Å². The van der Waals surface area contributed by atoms with Crippen LogP contribution in [0, 0.1) is 0 Å². The summed E-state index contributed by atoms with van der Waals surface area (Å²) in [6, 6.07) is 5.42. The van der Waals surface area contributed by atoms with Crippen LogP contribution in [0.3, 0.4) is 0 Å². The summed E-state index contributed by atoms with van der Waals surface area (Å²) < 4.78 is 20.1. The summed E-state index contributed by atoms with van der Waals surface area (Å²) in [4.78, 5) is 11.6. The first-order chi connectivity index (χ1) is 14.0. The molecule has 0 fully saturated rings. The van der Waals surface area contributed by atoms with Crippen LogP contribution >= 0.6 is 23.2 Å². The van der Waals surface area contributed by atoms with E-state index in [1.165, 1.54) is 0 Å². The molecular formula is C21H25Cl2FN4O. The maximum Gasteiger partial charge on any atom is 0.165 e. The molecule has 0 N–H and O–H groups in total. The standard InChI is InChI=1S/C21H25Cl2FN4O/c1-4-10-27(11-6-9-24)21-17(5-2)25-20-19(26-18(23)13-28(20)21)15-8-7-14(29-3)12-16(15)22/h7-8,12-13H,4-6,9-11H2,1-3H3. The molecule has 29 heavy (non-hydrogen) atoms. The van der Waals surface area contributed by atoms with Gasteiger partial charge in [0.05, 0.1) is 24.5 Å². The Labute approximate surface area is 180 Å². The second-order valence-corrected chi connectivity index (χ2v) is 7.51. The van der Waals surface area contributed by atoms with E-state index in [1.54, 1.807) is 19.4 Å². The molecule has 3 aromatic rings. The lowest BCUT2D eigenvalue weighted by Crippen LogP contribution is -2.28. The Morgan fingerprint density at radius 2 is 1.97 bits per heavy atom. The molecule has 0 saturated carbocycles. The van der Waals surface area contributed by atoms with Crippen molar-refractivity contribution in [2.75, 3.05) is 31.8 Å². The van der Waals surface area contributed by atoms with Gasteiger partial charge in [-0.3, -0.25) is 8.79 Å². The fourth-order valence-electron chi connectivity index (χ4n) is 3.46. The highest BCUT2D eigenvalue weighted by Gasteiger charge is 2.22. The van der Waals surface area contributed by atoms with E-state index in [-0.39, 0.29) is 6.67 Å². The molecule has 2 aromatic heterocycles. The number of rotatable bonds is 9. The van der Waals surface area contributed by atoms with Gasteiger partial charge in [0.25, 0.3) is 0 Å². The lowest BCUT2D eigenvalue weighted by Gasteiger charge is -2.24. The largest absolute Gasteiger partial charge is 0.497 e. The number of hydrogen-bond donors (Lipinski definition) is 0. The molecule has 5 nitrogen and oxygen atoms in total. The average molecular weight is 439 g/mol. The van der Waals surface area contributed by atoms with Crippen LogP contribution in [0.25, 0.3) is 16.9 Å². The minimum Gasteiger partial charge on any atom is -0.497 e. The van der Waals surface area contributed by atoms with Crippen LogP contribution in [0.5, 0.6) is 5.75 Å². The van der Waals surface area contributed by atoms with E-state index < -0.39 is 0 Å². The predicted octanol–water partition coefficient (Wildman–Crippen LogP) is 5.85. The highest BCUT2D eigenvalue weighted by atomic mass is 35.5. The lowest BCUT2D eigenvalue weighted by molar-refractivity contribution is 0.415. The SMILES string of the molecule is CCCN(CCCF)c1c(CC)nc2c(-c3ccc(OC)cc3Cl)nc(Cl)cn12. The molecule has 0 saturated heterocycles. The van der Waals surface area contributed by atoms with E-state index in [0.29, 0.717) is 40.2 Å². The van der Waals surface area contributed by atoms with Crippen molar-refractivity contribution in [1.82, 2.24) is 14.4 Å². The normalized spacial score (nSPS) is 11.2. The smallest absolute Gasteiger partial charge is 0.165 e. The molecule has 0 atom stereocenters. The summed E-state index contributed by atoms with van der Waals surface area (Å²) in [5.74, 6) is 1.60. The molecule has 0 aliphatic rings. The second kappa shape index (κ2) is 9.63. The zero-order chi connectivity index (χ0) is 21.0. The first-order valence-electron chi connectivity index (χ1n) is 9.76. The number of benzene rings is 1. The van der Waals surface area contributed by atoms with Crippen molar-refractivity contribution in [2.45, 2.75) is 33.1 Å². The minimum absolute atomic E-state index is 0.336. The predicted molar refractivity (Wildman–Crippen MR) is 117 cm³/mol. The van der Waals surface area contributed by atoms with Gasteiger partial charge >= 0.3 is 0 Å². The van der Waals surface area contributed by atoms with E-state index in [9.17, 15) is 4.39 Å². The highest BCUT2D eigenvalue weighted by molar-refractivity contribution is 6.33. The zero-order valence-electron chi connectivity index (χ0n) is 16.9. The molecule has 0 amide bonds. The number of aromatic nitrogens is 3. The number of aryl methyl sites for hydroxylation is 1. The van der Waals surface area contributed by atoms with Gasteiger partial charge in [-0.1, -0.05) is 37.0 Å². The summed E-state index contributed by atoms with van der Waals surface area (Å²) in [5.41, 5.74) is 2.93. The fraction of sp³-hybridized carbons (Fsp3) is 0.429. The van der Waals surface area contributed by atoms with Gasteiger partial charge in [-0.05, 0) is 37.5 Å². The number of halogens is 3. The monoisotopic (exact) mass is 438 g/mol. The molecular weight excluding hydrogens is 414 g/mol. The number of fused-ring (bicyclic) bond motifs is 1. The number of imidazole rings is 1. The molecule has 2 heterocycles. The summed E-state index contributed by atoms with van der Waals surface area (Å²) in [5, 5.41) is 0.842. The molecule has 0 bridgehead atoms. The summed E-state index contributed by atoms with van der Waals surface area (Å²) in [6.07, 6.45) is 3.91. The Morgan fingerprint density at radius 1 is 1.17 bits per heavy atom. The Kier molecular flexibility index (Phi) is 7.19. The van der Waals surface area contributed by atoms with Gasteiger partial charge in [-0.2, -0.15) is 0 Å². The van der Waals surface area contributed by atoms with Gasteiger partial charge in [-0.25, -0.2) is 9.97 Å². The molecule has 0 aliphatic heterocycles. The minimum atomic E-state index is -0.354. The molecule has 3 rings (SSSR count). The molecule has 0 radical (unpaired) electrons. The number of hydrogen-bond acceptors (Lipinski definition) is 4. The van der Waals surface area contributed by atoms with Crippen LogP contribution in [0.15, 0.2) is 24.4 Å². The first-order valence-corrected chi connectivity index (χ1v) is 10.5. The van der Waals surface area contributed by atoms with Crippen molar-refractivity contribution < 1.29 is 9.13 Å². The number of methoxy groups -OCH3 is 1. The van der Waals surface area contributed by atoms with Gasteiger partial charge in [0.15, 0.2) is 5.65 Å². The number of ether oxygens (including phenoxy) is 1. The van der Waals surface area contributed by atoms with Crippen molar-refractivity contribution in [3.05, 3.63) is 40.3 Å². The van der Waals surface area contributed by atoms with Crippen molar-refractivity contribution in [3.63, 3.8) is 0 Å². The third kappa shape index (κ3) is 4.43. The number of nitrogens with zero attached hydrogens (tertiary/aromatic N) is 4. The van der Waals surface area contributed by atoms with Gasteiger partial charge in [0, 0.05) is 24.8 Å². The Balaban J connectivity index is 2.23. The van der Waals surface area contributed by atoms with Crippen LogP contribution in [-0.2, 0) is 6.42 Å². The average Bonchev–Trinajstić information content (AvgIpc) is 3.08. The summed E-state index contributed by atoms with van der Waals surface area (Å²) >= 11 is 12.9. The second-order valence-electron chi connectivity index (χ2n) is 6.72. The fourth-order valence-corrected chi connectivity index (χ4v) is 3.91. The Bertz CT molecular complexity index is 992. The maximum absolute atomic E-state index is 12.9. The van der Waals surface area contributed by atoms with E-state index in [1.807, 2.05) is 16.5 Å². The molecule has 0 aliphatic carbocycles. The Hall–Kier alpha value is -2.05. The van der Waals surface area contributed by atoms with Crippen LogP contribution in [0.1, 0.15) is 32.4 Å². The van der Waals surface area contributed by atoms with Crippen LogP contribution in [0.2, 0.25) is 10.2 Å². The quantitative estimate of drug-likeness (QED) is 0.420. The van der Waals surface area contributed by atoms with Crippen LogP contribution < -0.4 is 9.64 Å². The van der Waals surface area contributed by atoms with Crippen molar-refractivity contribution in [1.29, 1.82) is 0 Å². The van der Waals surface area contributed by atoms with Crippen molar-refractivity contribution in [2.24, 2.45) is 0 Å². The number of anilines is 1. The maximum atomic E-state index is 12.9. The molecule has 8 heteroatoms. The first kappa shape index (κ1) is 21.7. The molecule has 0 unspecified atom stereocenters.